The minimum Gasteiger partial charge on any atom is -0.491 e. The highest BCUT2D eigenvalue weighted by Gasteiger charge is 2.14. The summed E-state index contributed by atoms with van der Waals surface area (Å²) in [6.45, 7) is 10.5. The standard InChI is InChI=1S/C16H26N2O2.ClH/c1-11(18-15(19)12(2)17)10-20-14-8-6-13(7-9-14)16(3,4)5;/h6-9,11-12H,10,17H2,1-5H3,(H,18,19);1H/t11?,12-;/m1./s1. The third kappa shape index (κ3) is 6.82. The normalized spacial score (nSPS) is 13.8. The lowest BCUT2D eigenvalue weighted by Crippen LogP contribution is -2.44. The summed E-state index contributed by atoms with van der Waals surface area (Å²) in [7, 11) is 0. The van der Waals surface area contributed by atoms with Crippen LogP contribution < -0.4 is 15.8 Å². The Morgan fingerprint density at radius 2 is 1.76 bits per heavy atom. The molecular weight excluding hydrogens is 288 g/mol. The first kappa shape index (κ1) is 19.7. The minimum absolute atomic E-state index is 0. The second kappa shape index (κ2) is 8.25. The Kier molecular flexibility index (Phi) is 7.75. The van der Waals surface area contributed by atoms with Crippen LogP contribution >= 0.6 is 12.4 Å². The molecule has 0 heterocycles. The molecular formula is C16H27ClN2O2. The van der Waals surface area contributed by atoms with Crippen LogP contribution in [-0.4, -0.2) is 24.6 Å². The van der Waals surface area contributed by atoms with Gasteiger partial charge in [0.05, 0.1) is 12.1 Å². The molecule has 0 aliphatic rings. The molecule has 0 aromatic heterocycles. The van der Waals surface area contributed by atoms with Crippen molar-refractivity contribution in [3.8, 4) is 5.75 Å². The zero-order chi connectivity index (χ0) is 15.3. The second-order valence-electron chi connectivity index (χ2n) is 6.28. The van der Waals surface area contributed by atoms with E-state index in [0.29, 0.717) is 6.61 Å². The molecule has 0 spiro atoms. The van der Waals surface area contributed by atoms with Crippen molar-refractivity contribution in [2.45, 2.75) is 52.1 Å². The number of hydrogen-bond donors (Lipinski definition) is 2. The second-order valence-corrected chi connectivity index (χ2v) is 6.28. The summed E-state index contributed by atoms with van der Waals surface area (Å²) in [5.41, 5.74) is 6.90. The van der Waals surface area contributed by atoms with Crippen molar-refractivity contribution in [2.75, 3.05) is 6.61 Å². The summed E-state index contributed by atoms with van der Waals surface area (Å²) in [5, 5.41) is 2.80. The number of nitrogens with one attached hydrogen (secondary N) is 1. The van der Waals surface area contributed by atoms with E-state index in [2.05, 4.69) is 38.2 Å². The third-order valence-corrected chi connectivity index (χ3v) is 3.02. The predicted octanol–water partition coefficient (Wildman–Crippen LogP) is 2.64. The topological polar surface area (TPSA) is 64.3 Å². The van der Waals surface area contributed by atoms with Gasteiger partial charge in [0.15, 0.2) is 0 Å². The van der Waals surface area contributed by atoms with Crippen molar-refractivity contribution in [1.29, 1.82) is 0 Å². The summed E-state index contributed by atoms with van der Waals surface area (Å²) < 4.78 is 5.66. The van der Waals surface area contributed by atoms with Crippen LogP contribution in [0.2, 0.25) is 0 Å². The molecule has 1 aromatic rings. The zero-order valence-corrected chi connectivity index (χ0v) is 14.3. The van der Waals surface area contributed by atoms with Gasteiger partial charge in [-0.25, -0.2) is 0 Å². The average Bonchev–Trinajstić information content (AvgIpc) is 2.35. The van der Waals surface area contributed by atoms with Gasteiger partial charge < -0.3 is 15.8 Å². The van der Waals surface area contributed by atoms with Crippen LogP contribution in [0.15, 0.2) is 24.3 Å². The molecule has 120 valence electrons. The molecule has 4 nitrogen and oxygen atoms in total. The molecule has 1 amide bonds. The van der Waals surface area contributed by atoms with E-state index in [1.165, 1.54) is 5.56 Å². The van der Waals surface area contributed by atoms with E-state index < -0.39 is 6.04 Å². The maximum atomic E-state index is 11.4. The number of amides is 1. The van der Waals surface area contributed by atoms with Gasteiger partial charge in [-0.3, -0.25) is 4.79 Å². The van der Waals surface area contributed by atoms with Crippen LogP contribution in [0.4, 0.5) is 0 Å². The molecule has 1 aromatic carbocycles. The molecule has 0 aliphatic heterocycles. The van der Waals surface area contributed by atoms with E-state index >= 15 is 0 Å². The first-order valence-electron chi connectivity index (χ1n) is 6.99. The molecule has 0 saturated heterocycles. The van der Waals surface area contributed by atoms with Crippen molar-refractivity contribution < 1.29 is 9.53 Å². The number of carbonyl (C=O) groups is 1. The molecule has 21 heavy (non-hydrogen) atoms. The Hall–Kier alpha value is -1.26. The lowest BCUT2D eigenvalue weighted by Gasteiger charge is -2.20. The van der Waals surface area contributed by atoms with Gasteiger partial charge in [0.2, 0.25) is 5.91 Å². The van der Waals surface area contributed by atoms with E-state index in [1.54, 1.807) is 6.92 Å². The smallest absolute Gasteiger partial charge is 0.236 e. The molecule has 0 aliphatic carbocycles. The summed E-state index contributed by atoms with van der Waals surface area (Å²) >= 11 is 0. The number of ether oxygens (including phenoxy) is 1. The number of halogens is 1. The molecule has 0 fully saturated rings. The van der Waals surface area contributed by atoms with E-state index in [4.69, 9.17) is 10.5 Å². The van der Waals surface area contributed by atoms with E-state index in [-0.39, 0.29) is 29.8 Å². The van der Waals surface area contributed by atoms with Crippen LogP contribution in [0.5, 0.6) is 5.75 Å². The molecule has 1 rings (SSSR count). The summed E-state index contributed by atoms with van der Waals surface area (Å²) in [5.74, 6) is 0.643. The quantitative estimate of drug-likeness (QED) is 0.878. The molecule has 5 heteroatoms. The molecule has 0 saturated carbocycles. The van der Waals surface area contributed by atoms with Gasteiger partial charge in [-0.05, 0) is 37.0 Å². The van der Waals surface area contributed by atoms with Crippen molar-refractivity contribution in [1.82, 2.24) is 5.32 Å². The van der Waals surface area contributed by atoms with Crippen molar-refractivity contribution in [3.05, 3.63) is 29.8 Å². The summed E-state index contributed by atoms with van der Waals surface area (Å²) in [6, 6.07) is 7.49. The molecule has 1 unspecified atom stereocenters. The molecule has 0 bridgehead atoms. The van der Waals surface area contributed by atoms with Crippen molar-refractivity contribution >= 4 is 18.3 Å². The fourth-order valence-electron chi connectivity index (χ4n) is 1.69. The Morgan fingerprint density at radius 1 is 1.24 bits per heavy atom. The predicted molar refractivity (Wildman–Crippen MR) is 89.1 cm³/mol. The van der Waals surface area contributed by atoms with E-state index in [1.807, 2.05) is 19.1 Å². The Morgan fingerprint density at radius 3 is 2.19 bits per heavy atom. The zero-order valence-electron chi connectivity index (χ0n) is 13.5. The van der Waals surface area contributed by atoms with Crippen LogP contribution in [0.3, 0.4) is 0 Å². The molecule has 2 atom stereocenters. The average molecular weight is 315 g/mol. The lowest BCUT2D eigenvalue weighted by molar-refractivity contribution is -0.122. The minimum atomic E-state index is -0.497. The number of hydrogen-bond acceptors (Lipinski definition) is 3. The van der Waals surface area contributed by atoms with Crippen molar-refractivity contribution in [2.24, 2.45) is 5.73 Å². The van der Waals surface area contributed by atoms with Gasteiger partial charge in [0.1, 0.15) is 12.4 Å². The SMILES string of the molecule is CC(COc1ccc(C(C)(C)C)cc1)NC(=O)[C@@H](C)N.Cl. The maximum absolute atomic E-state index is 11.4. The first-order valence-corrected chi connectivity index (χ1v) is 6.99. The van der Waals surface area contributed by atoms with Crippen molar-refractivity contribution in [3.63, 3.8) is 0 Å². The number of benzene rings is 1. The third-order valence-electron chi connectivity index (χ3n) is 3.02. The van der Waals surface area contributed by atoms with Gasteiger partial charge in [-0.15, -0.1) is 12.4 Å². The van der Waals surface area contributed by atoms with Gasteiger partial charge >= 0.3 is 0 Å². The molecule has 0 radical (unpaired) electrons. The number of rotatable bonds is 5. The number of nitrogens with two attached hydrogens (primary N) is 1. The lowest BCUT2D eigenvalue weighted by atomic mass is 9.87. The van der Waals surface area contributed by atoms with Gasteiger partial charge in [-0.1, -0.05) is 32.9 Å². The monoisotopic (exact) mass is 314 g/mol. The van der Waals surface area contributed by atoms with E-state index in [0.717, 1.165) is 5.75 Å². The number of carbonyl (C=O) groups excluding carboxylic acids is 1. The van der Waals surface area contributed by atoms with Crippen LogP contribution in [-0.2, 0) is 10.2 Å². The van der Waals surface area contributed by atoms with Gasteiger partial charge in [-0.2, -0.15) is 0 Å². The fourth-order valence-corrected chi connectivity index (χ4v) is 1.69. The van der Waals surface area contributed by atoms with Crippen LogP contribution in [0.25, 0.3) is 0 Å². The first-order chi connectivity index (χ1) is 9.20. The van der Waals surface area contributed by atoms with E-state index in [9.17, 15) is 4.79 Å². The largest absolute Gasteiger partial charge is 0.491 e. The van der Waals surface area contributed by atoms with Crippen LogP contribution in [0.1, 0.15) is 40.2 Å². The fraction of sp³-hybridized carbons (Fsp3) is 0.562. The van der Waals surface area contributed by atoms with Gasteiger partial charge in [0, 0.05) is 0 Å². The van der Waals surface area contributed by atoms with Gasteiger partial charge in [0.25, 0.3) is 0 Å². The Balaban J connectivity index is 0.00000400. The summed E-state index contributed by atoms with van der Waals surface area (Å²) in [4.78, 5) is 11.4. The maximum Gasteiger partial charge on any atom is 0.236 e. The van der Waals surface area contributed by atoms with Crippen LogP contribution in [0, 0.1) is 0 Å². The summed E-state index contributed by atoms with van der Waals surface area (Å²) in [6.07, 6.45) is 0. The Bertz CT molecular complexity index is 439. The molecule has 3 N–H and O–H groups in total. The highest BCUT2D eigenvalue weighted by Crippen LogP contribution is 2.24. The highest BCUT2D eigenvalue weighted by molar-refractivity contribution is 5.85. The highest BCUT2D eigenvalue weighted by atomic mass is 35.5. The Labute approximate surface area is 133 Å².